The summed E-state index contributed by atoms with van der Waals surface area (Å²) in [5, 5.41) is 4.71. The SMILES string of the molecule is NC(=O)c1nc(CN2CCOCC2)n(-c2ccc(Cl)cc2C(=O)c2ccccc2)n1. The number of morpholine rings is 1. The van der Waals surface area contributed by atoms with Crippen molar-refractivity contribution in [2.24, 2.45) is 5.73 Å². The van der Waals surface area contributed by atoms with Crippen molar-refractivity contribution >= 4 is 23.3 Å². The molecule has 1 aromatic heterocycles. The van der Waals surface area contributed by atoms with Crippen molar-refractivity contribution < 1.29 is 14.3 Å². The number of amides is 1. The molecule has 9 heteroatoms. The molecule has 0 atom stereocenters. The van der Waals surface area contributed by atoms with Gasteiger partial charge in [-0.3, -0.25) is 14.5 Å². The highest BCUT2D eigenvalue weighted by atomic mass is 35.5. The monoisotopic (exact) mass is 425 g/mol. The number of halogens is 1. The van der Waals surface area contributed by atoms with Crippen LogP contribution in [0.25, 0.3) is 5.69 Å². The fraction of sp³-hybridized carbons (Fsp3) is 0.238. The number of carbonyl (C=O) groups is 2. The predicted molar refractivity (Wildman–Crippen MR) is 111 cm³/mol. The molecule has 0 saturated carbocycles. The fourth-order valence-corrected chi connectivity index (χ4v) is 3.50. The minimum absolute atomic E-state index is 0.105. The Bertz CT molecular complexity index is 1080. The van der Waals surface area contributed by atoms with Crippen LogP contribution in [0.3, 0.4) is 0 Å². The molecular formula is C21H20ClN5O3. The van der Waals surface area contributed by atoms with Crippen LogP contribution in [0.4, 0.5) is 0 Å². The van der Waals surface area contributed by atoms with Crippen molar-refractivity contribution in [3.8, 4) is 5.69 Å². The second-order valence-corrected chi connectivity index (χ2v) is 7.31. The van der Waals surface area contributed by atoms with Gasteiger partial charge >= 0.3 is 0 Å². The Morgan fingerprint density at radius 1 is 1.10 bits per heavy atom. The molecule has 0 spiro atoms. The number of rotatable bonds is 6. The molecule has 2 heterocycles. The van der Waals surface area contributed by atoms with Gasteiger partial charge in [-0.25, -0.2) is 9.67 Å². The van der Waals surface area contributed by atoms with Crippen molar-refractivity contribution in [1.29, 1.82) is 0 Å². The van der Waals surface area contributed by atoms with Crippen LogP contribution in [-0.4, -0.2) is 57.7 Å². The predicted octanol–water partition coefficient (Wildman–Crippen LogP) is 2.08. The van der Waals surface area contributed by atoms with Gasteiger partial charge in [-0.1, -0.05) is 41.9 Å². The van der Waals surface area contributed by atoms with Gasteiger partial charge in [0.25, 0.3) is 5.91 Å². The summed E-state index contributed by atoms with van der Waals surface area (Å²) in [6, 6.07) is 13.9. The minimum Gasteiger partial charge on any atom is -0.379 e. The first-order valence-corrected chi connectivity index (χ1v) is 9.86. The largest absolute Gasteiger partial charge is 0.379 e. The Labute approximate surface area is 178 Å². The summed E-state index contributed by atoms with van der Waals surface area (Å²) in [6.07, 6.45) is 0. The summed E-state index contributed by atoms with van der Waals surface area (Å²) in [5.74, 6) is -0.537. The van der Waals surface area contributed by atoms with E-state index in [4.69, 9.17) is 22.1 Å². The first-order valence-electron chi connectivity index (χ1n) is 9.48. The van der Waals surface area contributed by atoms with Crippen LogP contribution >= 0.6 is 11.6 Å². The minimum atomic E-state index is -0.734. The van der Waals surface area contributed by atoms with E-state index in [0.717, 1.165) is 13.1 Å². The van der Waals surface area contributed by atoms with Crippen LogP contribution < -0.4 is 5.73 Å². The third-order valence-corrected chi connectivity index (χ3v) is 5.07. The summed E-state index contributed by atoms with van der Waals surface area (Å²) in [4.78, 5) is 31.4. The zero-order chi connectivity index (χ0) is 21.1. The molecule has 1 fully saturated rings. The van der Waals surface area contributed by atoms with Gasteiger partial charge in [0.15, 0.2) is 5.78 Å². The van der Waals surface area contributed by atoms with Crippen molar-refractivity contribution in [3.63, 3.8) is 0 Å². The number of ether oxygens (including phenoxy) is 1. The van der Waals surface area contributed by atoms with Gasteiger partial charge in [0.1, 0.15) is 5.82 Å². The quantitative estimate of drug-likeness (QED) is 0.606. The van der Waals surface area contributed by atoms with E-state index < -0.39 is 5.91 Å². The molecule has 2 N–H and O–H groups in total. The maximum atomic E-state index is 13.2. The number of benzene rings is 2. The van der Waals surface area contributed by atoms with Gasteiger partial charge < -0.3 is 10.5 Å². The highest BCUT2D eigenvalue weighted by molar-refractivity contribution is 6.31. The first kappa shape index (κ1) is 20.2. The molecule has 4 rings (SSSR count). The van der Waals surface area contributed by atoms with E-state index in [9.17, 15) is 9.59 Å². The zero-order valence-electron chi connectivity index (χ0n) is 16.1. The topological polar surface area (TPSA) is 103 Å². The molecule has 1 aliphatic heterocycles. The summed E-state index contributed by atoms with van der Waals surface area (Å²) >= 11 is 6.19. The van der Waals surface area contributed by atoms with Crippen molar-refractivity contribution in [1.82, 2.24) is 19.7 Å². The molecule has 3 aromatic rings. The van der Waals surface area contributed by atoms with E-state index in [2.05, 4.69) is 15.0 Å². The maximum Gasteiger partial charge on any atom is 0.288 e. The number of ketones is 1. The van der Waals surface area contributed by atoms with Gasteiger partial charge in [0.2, 0.25) is 5.82 Å². The van der Waals surface area contributed by atoms with Gasteiger partial charge in [0, 0.05) is 29.2 Å². The van der Waals surface area contributed by atoms with E-state index in [0.29, 0.717) is 47.4 Å². The van der Waals surface area contributed by atoms with Gasteiger partial charge in [-0.05, 0) is 18.2 Å². The van der Waals surface area contributed by atoms with E-state index in [1.54, 1.807) is 42.5 Å². The number of hydrogen-bond acceptors (Lipinski definition) is 6. The Morgan fingerprint density at radius 2 is 1.83 bits per heavy atom. The van der Waals surface area contributed by atoms with E-state index in [1.165, 1.54) is 4.68 Å². The van der Waals surface area contributed by atoms with Gasteiger partial charge in [-0.2, -0.15) is 0 Å². The van der Waals surface area contributed by atoms with Crippen LogP contribution in [0.5, 0.6) is 0 Å². The average molecular weight is 426 g/mol. The number of hydrogen-bond donors (Lipinski definition) is 1. The number of primary amides is 1. The van der Waals surface area contributed by atoms with E-state index in [1.807, 2.05) is 6.07 Å². The first-order chi connectivity index (χ1) is 14.5. The van der Waals surface area contributed by atoms with E-state index in [-0.39, 0.29) is 11.6 Å². The molecule has 0 aliphatic carbocycles. The molecule has 8 nitrogen and oxygen atoms in total. The zero-order valence-corrected chi connectivity index (χ0v) is 16.9. The highest BCUT2D eigenvalue weighted by Crippen LogP contribution is 2.24. The Balaban J connectivity index is 1.79. The fourth-order valence-electron chi connectivity index (χ4n) is 3.32. The number of carbonyl (C=O) groups excluding carboxylic acids is 2. The van der Waals surface area contributed by atoms with Gasteiger partial charge in [0.05, 0.1) is 25.4 Å². The van der Waals surface area contributed by atoms with Crippen LogP contribution in [0.2, 0.25) is 5.02 Å². The molecule has 154 valence electrons. The molecule has 30 heavy (non-hydrogen) atoms. The summed E-state index contributed by atoms with van der Waals surface area (Å²) < 4.78 is 6.89. The number of nitrogens with zero attached hydrogens (tertiary/aromatic N) is 4. The lowest BCUT2D eigenvalue weighted by molar-refractivity contribution is 0.0327. The van der Waals surface area contributed by atoms with Crippen molar-refractivity contribution in [2.45, 2.75) is 6.54 Å². The average Bonchev–Trinajstić information content (AvgIpc) is 3.18. The van der Waals surface area contributed by atoms with Crippen molar-refractivity contribution in [3.05, 3.63) is 76.3 Å². The summed E-state index contributed by atoms with van der Waals surface area (Å²) in [5.41, 5.74) is 6.78. The third-order valence-electron chi connectivity index (χ3n) is 4.83. The van der Waals surface area contributed by atoms with Gasteiger partial charge in [-0.15, -0.1) is 5.10 Å². The van der Waals surface area contributed by atoms with E-state index >= 15 is 0 Å². The molecule has 1 saturated heterocycles. The Kier molecular flexibility index (Phi) is 5.89. The number of aromatic nitrogens is 3. The maximum absolute atomic E-state index is 13.2. The molecule has 1 aliphatic rings. The van der Waals surface area contributed by atoms with Crippen LogP contribution in [0, 0.1) is 0 Å². The lowest BCUT2D eigenvalue weighted by Crippen LogP contribution is -2.36. The normalized spacial score (nSPS) is 14.6. The molecule has 0 bridgehead atoms. The molecule has 0 unspecified atom stereocenters. The summed E-state index contributed by atoms with van der Waals surface area (Å²) in [6.45, 7) is 3.14. The highest BCUT2D eigenvalue weighted by Gasteiger charge is 2.23. The van der Waals surface area contributed by atoms with Crippen LogP contribution in [0.1, 0.15) is 32.4 Å². The molecule has 0 radical (unpaired) electrons. The molecular weight excluding hydrogens is 406 g/mol. The smallest absolute Gasteiger partial charge is 0.288 e. The van der Waals surface area contributed by atoms with Crippen molar-refractivity contribution in [2.75, 3.05) is 26.3 Å². The summed E-state index contributed by atoms with van der Waals surface area (Å²) in [7, 11) is 0. The van der Waals surface area contributed by atoms with Crippen LogP contribution in [0.15, 0.2) is 48.5 Å². The second-order valence-electron chi connectivity index (χ2n) is 6.87. The van der Waals surface area contributed by atoms with Crippen LogP contribution in [-0.2, 0) is 11.3 Å². The molecule has 1 amide bonds. The number of nitrogens with two attached hydrogens (primary N) is 1. The standard InChI is InChI=1S/C21H20ClN5O3/c22-15-6-7-17(16(12-15)19(28)14-4-2-1-3-5-14)27-18(24-21(25-27)20(23)29)13-26-8-10-30-11-9-26/h1-7,12H,8-11,13H2,(H2,23,29). The molecule has 2 aromatic carbocycles. The lowest BCUT2D eigenvalue weighted by atomic mass is 10.0. The Hall–Kier alpha value is -3.07. The second kappa shape index (κ2) is 8.74. The Morgan fingerprint density at radius 3 is 2.53 bits per heavy atom. The lowest BCUT2D eigenvalue weighted by Gasteiger charge is -2.26. The third kappa shape index (κ3) is 4.25.